The maximum Gasteiger partial charge on any atom is 0.320 e. The van der Waals surface area contributed by atoms with E-state index in [9.17, 15) is 18.0 Å². The molecule has 1 aromatic heterocycles. The number of amides is 2. The minimum atomic E-state index is -3.70. The molecule has 3 aromatic rings. The van der Waals surface area contributed by atoms with Crippen LogP contribution in [0.3, 0.4) is 0 Å². The molecule has 0 atom stereocenters. The molecule has 4 rings (SSSR count). The van der Waals surface area contributed by atoms with Crippen LogP contribution in [-0.2, 0) is 32.9 Å². The number of rotatable bonds is 7. The quantitative estimate of drug-likeness (QED) is 0.455. The van der Waals surface area contributed by atoms with Gasteiger partial charge in [0, 0.05) is 19.1 Å². The first-order valence-electron chi connectivity index (χ1n) is 11.8. The van der Waals surface area contributed by atoms with E-state index in [-0.39, 0.29) is 33.9 Å². The van der Waals surface area contributed by atoms with Gasteiger partial charge in [-0.1, -0.05) is 23.7 Å². The lowest BCUT2D eigenvalue weighted by atomic mass is 10.1. The number of fused-ring (bicyclic) bond motifs is 1. The molecule has 1 aliphatic rings. The fourth-order valence-corrected chi connectivity index (χ4v) is 7.66. The van der Waals surface area contributed by atoms with Crippen molar-refractivity contribution in [2.24, 2.45) is 17.8 Å². The molecule has 0 unspecified atom stereocenters. The van der Waals surface area contributed by atoms with Gasteiger partial charge in [0.25, 0.3) is 0 Å². The highest BCUT2D eigenvalue weighted by Crippen LogP contribution is 2.36. The number of primary amides is 1. The molecule has 8 nitrogen and oxygen atoms in total. The Morgan fingerprint density at radius 3 is 2.44 bits per heavy atom. The van der Waals surface area contributed by atoms with Crippen molar-refractivity contribution in [1.82, 2.24) is 9.05 Å². The number of likely N-dealkylation sites (tertiary alicyclic amines) is 1. The average Bonchev–Trinajstić information content (AvgIpc) is 3.17. The van der Waals surface area contributed by atoms with Gasteiger partial charge in [-0.05, 0) is 65.6 Å². The highest BCUT2D eigenvalue weighted by atomic mass is 35.5. The first kappa shape index (κ1) is 26.5. The van der Waals surface area contributed by atoms with Gasteiger partial charge in [-0.2, -0.15) is 0 Å². The third kappa shape index (κ3) is 5.13. The monoisotopic (exact) mass is 549 g/mol. The normalized spacial score (nSPS) is 16.4. The molecule has 0 radical (unpaired) electrons. The summed E-state index contributed by atoms with van der Waals surface area (Å²) in [5, 5.41) is 2.93. The van der Waals surface area contributed by atoms with Crippen LogP contribution >= 0.6 is 22.9 Å². The van der Waals surface area contributed by atoms with Gasteiger partial charge in [0.2, 0.25) is 10.9 Å². The number of carbonyl (C=O) groups excluding carboxylic acids is 2. The first-order chi connectivity index (χ1) is 17.1. The van der Waals surface area contributed by atoms with Crippen molar-refractivity contribution in [2.75, 3.05) is 25.9 Å². The number of hydrogen-bond acceptors (Lipinski definition) is 6. The zero-order valence-electron chi connectivity index (χ0n) is 20.4. The molecule has 2 aromatic carbocycles. The molecule has 192 valence electrons. The van der Waals surface area contributed by atoms with Crippen LogP contribution in [0.5, 0.6) is 0 Å². The van der Waals surface area contributed by atoms with Crippen LogP contribution in [0.2, 0.25) is 5.02 Å². The van der Waals surface area contributed by atoms with Gasteiger partial charge in [0.15, 0.2) is 14.6 Å². The van der Waals surface area contributed by atoms with Gasteiger partial charge in [0.1, 0.15) is 5.69 Å². The SMILES string of the molecule is CN=c1sc([N+]2(C(=O)CCS(=O)(=O)c3ccc4cc(Cl)ccc4c3)CCCCC2)c(CC(N)=O)n1C. The number of sulfone groups is 1. The van der Waals surface area contributed by atoms with Crippen LogP contribution in [0.4, 0.5) is 5.00 Å². The smallest absolute Gasteiger partial charge is 0.320 e. The van der Waals surface area contributed by atoms with E-state index in [1.807, 2.05) is 11.6 Å². The second-order valence-corrected chi connectivity index (χ2v) is 12.7. The predicted octanol–water partition coefficient (Wildman–Crippen LogP) is 3.33. The summed E-state index contributed by atoms with van der Waals surface area (Å²) in [5.74, 6) is -0.949. The van der Waals surface area contributed by atoms with Gasteiger partial charge in [-0.3, -0.25) is 9.79 Å². The average molecular weight is 550 g/mol. The molecule has 2 heterocycles. The first-order valence-corrected chi connectivity index (χ1v) is 14.6. The Balaban J connectivity index is 1.66. The Morgan fingerprint density at radius 2 is 1.78 bits per heavy atom. The van der Waals surface area contributed by atoms with Gasteiger partial charge in [-0.25, -0.2) is 17.7 Å². The number of benzene rings is 2. The maximum atomic E-state index is 13.8. The van der Waals surface area contributed by atoms with E-state index in [0.717, 1.165) is 35.0 Å². The van der Waals surface area contributed by atoms with E-state index in [2.05, 4.69) is 4.99 Å². The second kappa shape index (κ2) is 10.5. The summed E-state index contributed by atoms with van der Waals surface area (Å²) >= 11 is 7.41. The van der Waals surface area contributed by atoms with Crippen LogP contribution < -0.4 is 15.0 Å². The Bertz CT molecular complexity index is 1500. The Morgan fingerprint density at radius 1 is 1.11 bits per heavy atom. The number of halogens is 1. The van der Waals surface area contributed by atoms with Crippen molar-refractivity contribution in [1.29, 1.82) is 0 Å². The predicted molar refractivity (Wildman–Crippen MR) is 144 cm³/mol. The van der Waals surface area contributed by atoms with E-state index in [1.54, 1.807) is 43.4 Å². The fourth-order valence-electron chi connectivity index (χ4n) is 4.92. The van der Waals surface area contributed by atoms with Crippen molar-refractivity contribution in [3.05, 3.63) is 51.9 Å². The summed E-state index contributed by atoms with van der Waals surface area (Å²) in [6, 6.07) is 10.2. The molecule has 1 fully saturated rings. The lowest BCUT2D eigenvalue weighted by molar-refractivity contribution is -0.130. The van der Waals surface area contributed by atoms with Gasteiger partial charge < -0.3 is 10.3 Å². The van der Waals surface area contributed by atoms with Crippen LogP contribution in [0.25, 0.3) is 10.8 Å². The number of thiazole rings is 1. The molecule has 0 spiro atoms. The van der Waals surface area contributed by atoms with E-state index in [0.29, 0.717) is 28.6 Å². The molecular formula is C25H30ClN4O4S2+. The number of aromatic nitrogens is 1. The summed E-state index contributed by atoms with van der Waals surface area (Å²) < 4.78 is 28.3. The van der Waals surface area contributed by atoms with E-state index < -0.39 is 15.7 Å². The third-order valence-electron chi connectivity index (χ3n) is 6.82. The van der Waals surface area contributed by atoms with Crippen LogP contribution in [0.15, 0.2) is 46.3 Å². The highest BCUT2D eigenvalue weighted by molar-refractivity contribution is 7.91. The lowest BCUT2D eigenvalue weighted by Gasteiger charge is -2.37. The van der Waals surface area contributed by atoms with Crippen molar-refractivity contribution in [3.8, 4) is 0 Å². The summed E-state index contributed by atoms with van der Waals surface area (Å²) in [6.45, 7) is 1.12. The molecule has 11 heteroatoms. The van der Waals surface area contributed by atoms with E-state index in [1.165, 1.54) is 11.3 Å². The van der Waals surface area contributed by atoms with E-state index >= 15 is 0 Å². The molecule has 2 N–H and O–H groups in total. The van der Waals surface area contributed by atoms with E-state index in [4.69, 9.17) is 17.3 Å². The molecule has 36 heavy (non-hydrogen) atoms. The summed E-state index contributed by atoms with van der Waals surface area (Å²) in [4.78, 5) is 30.9. The second-order valence-electron chi connectivity index (χ2n) is 9.15. The zero-order valence-corrected chi connectivity index (χ0v) is 22.8. The van der Waals surface area contributed by atoms with Crippen LogP contribution in [0, 0.1) is 0 Å². The van der Waals surface area contributed by atoms with Gasteiger partial charge in [0.05, 0.1) is 36.6 Å². The van der Waals surface area contributed by atoms with Crippen molar-refractivity contribution >= 4 is 60.4 Å². The standard InChI is InChI=1S/C25H29ClN4O4S2/c1-28-25-29(2)21(16-22(27)31)24(35-25)30(11-4-3-5-12-30)23(32)10-13-36(33,34)20-9-7-17-14-19(26)8-6-18(17)15-20/h6-9,14-15H,3-5,10-13,16H2,1-2H3,(H-,27,31)/p+1. The summed E-state index contributed by atoms with van der Waals surface area (Å²) in [6.07, 6.45) is 2.53. The number of carbonyl (C=O) groups is 2. The number of hydrogen-bond donors (Lipinski definition) is 1. The number of nitrogens with zero attached hydrogens (tertiary/aromatic N) is 3. The van der Waals surface area contributed by atoms with Crippen molar-refractivity contribution in [2.45, 2.75) is 37.0 Å². The Labute approximate surface area is 219 Å². The van der Waals surface area contributed by atoms with Crippen molar-refractivity contribution in [3.63, 3.8) is 0 Å². The number of piperidine rings is 1. The summed E-state index contributed by atoms with van der Waals surface area (Å²) in [5.41, 5.74) is 6.20. The van der Waals surface area contributed by atoms with Gasteiger partial charge in [-0.15, -0.1) is 0 Å². The minimum Gasteiger partial charge on any atom is -0.369 e. The fraction of sp³-hybridized carbons (Fsp3) is 0.400. The summed E-state index contributed by atoms with van der Waals surface area (Å²) in [7, 11) is -0.228. The number of quaternary nitrogens is 1. The highest BCUT2D eigenvalue weighted by Gasteiger charge is 2.44. The van der Waals surface area contributed by atoms with Crippen LogP contribution in [0.1, 0.15) is 31.4 Å². The molecular weight excluding hydrogens is 520 g/mol. The molecule has 1 saturated heterocycles. The maximum absolute atomic E-state index is 13.8. The van der Waals surface area contributed by atoms with Crippen molar-refractivity contribution < 1.29 is 18.0 Å². The Kier molecular flexibility index (Phi) is 7.70. The largest absolute Gasteiger partial charge is 0.369 e. The van der Waals surface area contributed by atoms with Gasteiger partial charge >= 0.3 is 5.91 Å². The molecule has 1 aliphatic heterocycles. The topological polar surface area (TPSA) is 112 Å². The molecule has 0 bridgehead atoms. The molecule has 0 aliphatic carbocycles. The number of nitrogens with two attached hydrogens (primary N) is 1. The van der Waals surface area contributed by atoms with Crippen LogP contribution in [-0.4, -0.2) is 50.7 Å². The molecule has 2 amide bonds. The Hall–Kier alpha value is -2.53. The minimum absolute atomic E-state index is 0.00939. The zero-order chi connectivity index (χ0) is 26.1. The lowest BCUT2D eigenvalue weighted by Crippen LogP contribution is -2.57. The molecule has 0 saturated carbocycles. The third-order valence-corrected chi connectivity index (χ3v) is 10.2.